The number of rotatable bonds is 5. The van der Waals surface area contributed by atoms with E-state index in [1.54, 1.807) is 0 Å². The van der Waals surface area contributed by atoms with E-state index in [9.17, 15) is 35.9 Å². The number of nitrogens with two attached hydrogens (primary N) is 1. The number of benzene rings is 1. The van der Waals surface area contributed by atoms with Gasteiger partial charge in [0.2, 0.25) is 11.7 Å². The largest absolute Gasteiger partial charge is 0.449 e. The molecule has 0 bridgehead atoms. The fourth-order valence-electron chi connectivity index (χ4n) is 4.64. The van der Waals surface area contributed by atoms with Crippen LogP contribution in [0.5, 0.6) is 0 Å². The van der Waals surface area contributed by atoms with E-state index in [-0.39, 0.29) is 49.4 Å². The van der Waals surface area contributed by atoms with Crippen LogP contribution in [0.1, 0.15) is 53.3 Å². The van der Waals surface area contributed by atoms with Gasteiger partial charge in [0.05, 0.1) is 12.2 Å². The van der Waals surface area contributed by atoms with Crippen molar-refractivity contribution in [3.05, 3.63) is 52.4 Å². The molecule has 2 aliphatic heterocycles. The first kappa shape index (κ1) is 26.0. The first-order valence-electron chi connectivity index (χ1n) is 11.6. The molecule has 36 heavy (non-hydrogen) atoms. The van der Waals surface area contributed by atoms with Crippen molar-refractivity contribution in [2.75, 3.05) is 19.6 Å². The molecule has 7 nitrogen and oxygen atoms in total. The monoisotopic (exact) mass is 517 g/mol. The zero-order valence-corrected chi connectivity index (χ0v) is 19.3. The smallest absolute Gasteiger partial charge is 0.337 e. The van der Waals surface area contributed by atoms with Gasteiger partial charge in [0.15, 0.2) is 17.3 Å². The molecular formula is C23H25F6N5O2. The summed E-state index contributed by atoms with van der Waals surface area (Å²) in [5, 5.41) is 0. The molecule has 2 amide bonds. The van der Waals surface area contributed by atoms with Crippen molar-refractivity contribution < 1.29 is 35.9 Å². The summed E-state index contributed by atoms with van der Waals surface area (Å²) in [5.41, 5.74) is 5.42. The number of imidazole rings is 1. The molecular weight excluding hydrogens is 492 g/mol. The van der Waals surface area contributed by atoms with Gasteiger partial charge in [0.1, 0.15) is 5.82 Å². The molecule has 1 atom stereocenters. The van der Waals surface area contributed by atoms with Crippen LogP contribution < -0.4 is 5.73 Å². The molecule has 2 aromatic rings. The molecule has 0 spiro atoms. The molecule has 4 rings (SSSR count). The second kappa shape index (κ2) is 10.1. The predicted octanol–water partition coefficient (Wildman–Crippen LogP) is 3.25. The average Bonchev–Trinajstić information content (AvgIpc) is 3.22. The lowest BCUT2D eigenvalue weighted by molar-refractivity contribution is -0.148. The molecule has 1 saturated heterocycles. The molecule has 13 heteroatoms. The van der Waals surface area contributed by atoms with E-state index in [0.717, 1.165) is 23.8 Å². The number of carbonyl (C=O) groups excluding carboxylic acids is 2. The minimum atomic E-state index is -4.78. The second-order valence-electron chi connectivity index (χ2n) is 9.07. The number of amides is 2. The van der Waals surface area contributed by atoms with E-state index in [1.165, 1.54) is 9.80 Å². The maximum atomic E-state index is 13.9. The Bertz CT molecular complexity index is 1160. The predicted molar refractivity (Wildman–Crippen MR) is 115 cm³/mol. The van der Waals surface area contributed by atoms with Gasteiger partial charge in [-0.1, -0.05) is 0 Å². The van der Waals surface area contributed by atoms with E-state index < -0.39 is 47.3 Å². The summed E-state index contributed by atoms with van der Waals surface area (Å²) in [4.78, 5) is 32.3. The van der Waals surface area contributed by atoms with Crippen molar-refractivity contribution >= 4 is 11.8 Å². The van der Waals surface area contributed by atoms with Gasteiger partial charge in [0, 0.05) is 44.7 Å². The molecule has 1 unspecified atom stereocenters. The lowest BCUT2D eigenvalue weighted by atomic mass is 10.0. The third kappa shape index (κ3) is 5.35. The number of likely N-dealkylation sites (tertiary alicyclic amines) is 1. The Balaban J connectivity index is 1.51. The summed E-state index contributed by atoms with van der Waals surface area (Å²) in [7, 11) is 0. The van der Waals surface area contributed by atoms with Crippen molar-refractivity contribution in [1.82, 2.24) is 19.4 Å². The Hall–Kier alpha value is -3.09. The summed E-state index contributed by atoms with van der Waals surface area (Å²) >= 11 is 0. The van der Waals surface area contributed by atoms with Gasteiger partial charge in [0.25, 0.3) is 5.91 Å². The van der Waals surface area contributed by atoms with Crippen LogP contribution in [-0.2, 0) is 30.5 Å². The molecule has 1 fully saturated rings. The van der Waals surface area contributed by atoms with Gasteiger partial charge in [-0.15, -0.1) is 0 Å². The van der Waals surface area contributed by atoms with Crippen LogP contribution in [0.4, 0.5) is 26.3 Å². The zero-order valence-electron chi connectivity index (χ0n) is 19.3. The maximum absolute atomic E-state index is 13.9. The van der Waals surface area contributed by atoms with Crippen LogP contribution in [0.3, 0.4) is 0 Å². The molecule has 2 N–H and O–H groups in total. The van der Waals surface area contributed by atoms with Crippen molar-refractivity contribution in [2.45, 2.75) is 57.4 Å². The summed E-state index contributed by atoms with van der Waals surface area (Å²) in [6.45, 7) is 0.274. The quantitative estimate of drug-likeness (QED) is 0.488. The average molecular weight is 517 g/mol. The Morgan fingerprint density at radius 2 is 1.61 bits per heavy atom. The summed E-state index contributed by atoms with van der Waals surface area (Å²) in [6, 6.07) is 0.110. The molecule has 1 aromatic carbocycles. The van der Waals surface area contributed by atoms with Gasteiger partial charge in [-0.25, -0.2) is 18.2 Å². The second-order valence-corrected chi connectivity index (χ2v) is 9.07. The Labute approximate surface area is 202 Å². The summed E-state index contributed by atoms with van der Waals surface area (Å²) < 4.78 is 82.3. The van der Waals surface area contributed by atoms with E-state index >= 15 is 0 Å². The molecule has 196 valence electrons. The minimum absolute atomic E-state index is 0.00211. The summed E-state index contributed by atoms with van der Waals surface area (Å²) in [5.74, 6) is -5.91. The number of aromatic nitrogens is 2. The highest BCUT2D eigenvalue weighted by Gasteiger charge is 2.42. The SMILES string of the molecule is NC(CC(=O)N1CCn2c(C(F)(F)F)nc(C(=O)N3CCCCC3)c2C1)Cc1cc(F)c(F)cc1F. The third-order valence-corrected chi connectivity index (χ3v) is 6.47. The highest BCUT2D eigenvalue weighted by molar-refractivity contribution is 5.94. The fourth-order valence-corrected chi connectivity index (χ4v) is 4.64. The Kier molecular flexibility index (Phi) is 7.30. The van der Waals surface area contributed by atoms with E-state index in [1.807, 2.05) is 0 Å². The Morgan fingerprint density at radius 1 is 0.944 bits per heavy atom. The Morgan fingerprint density at radius 3 is 2.28 bits per heavy atom. The number of piperidine rings is 1. The number of halogens is 6. The van der Waals surface area contributed by atoms with Crippen LogP contribution >= 0.6 is 0 Å². The standard InChI is InChI=1S/C23H25F6N5O2/c24-15-11-17(26)16(25)9-13(15)8-14(30)10-19(35)33-6-7-34-18(12-33)20(31-22(34)23(27,28)29)21(36)32-4-2-1-3-5-32/h9,11,14H,1-8,10,12,30H2. The molecule has 3 heterocycles. The van der Waals surface area contributed by atoms with Crippen molar-refractivity contribution in [2.24, 2.45) is 5.73 Å². The zero-order chi connectivity index (χ0) is 26.2. The van der Waals surface area contributed by atoms with Crippen molar-refractivity contribution in [3.8, 4) is 0 Å². The van der Waals surface area contributed by atoms with Gasteiger partial charge in [-0.2, -0.15) is 13.2 Å². The van der Waals surface area contributed by atoms with Gasteiger partial charge in [-0.3, -0.25) is 9.59 Å². The van der Waals surface area contributed by atoms with Gasteiger partial charge in [-0.05, 0) is 37.3 Å². The number of nitrogens with zero attached hydrogens (tertiary/aromatic N) is 4. The van der Waals surface area contributed by atoms with Gasteiger partial charge >= 0.3 is 6.18 Å². The molecule has 2 aliphatic rings. The van der Waals surface area contributed by atoms with E-state index in [2.05, 4.69) is 4.98 Å². The molecule has 0 saturated carbocycles. The van der Waals surface area contributed by atoms with Gasteiger partial charge < -0.3 is 20.1 Å². The molecule has 0 radical (unpaired) electrons. The van der Waals surface area contributed by atoms with E-state index in [4.69, 9.17) is 5.73 Å². The van der Waals surface area contributed by atoms with Crippen LogP contribution in [0.25, 0.3) is 0 Å². The molecule has 1 aromatic heterocycles. The highest BCUT2D eigenvalue weighted by atomic mass is 19.4. The van der Waals surface area contributed by atoms with Crippen LogP contribution in [0, 0.1) is 17.5 Å². The van der Waals surface area contributed by atoms with Crippen molar-refractivity contribution in [1.29, 1.82) is 0 Å². The number of hydrogen-bond donors (Lipinski definition) is 1. The van der Waals surface area contributed by atoms with Crippen molar-refractivity contribution in [3.63, 3.8) is 0 Å². The number of fused-ring (bicyclic) bond motifs is 1. The van der Waals surface area contributed by atoms with Crippen LogP contribution in [0.15, 0.2) is 12.1 Å². The fraction of sp³-hybridized carbons (Fsp3) is 0.522. The highest BCUT2D eigenvalue weighted by Crippen LogP contribution is 2.33. The molecule has 0 aliphatic carbocycles. The maximum Gasteiger partial charge on any atom is 0.449 e. The van der Waals surface area contributed by atoms with Crippen LogP contribution in [0.2, 0.25) is 0 Å². The lowest BCUT2D eigenvalue weighted by Gasteiger charge is -2.31. The lowest BCUT2D eigenvalue weighted by Crippen LogP contribution is -2.43. The number of carbonyl (C=O) groups is 2. The van der Waals surface area contributed by atoms with E-state index in [0.29, 0.717) is 25.2 Å². The number of alkyl halides is 3. The normalized spacial score (nSPS) is 17.2. The minimum Gasteiger partial charge on any atom is -0.337 e. The van der Waals surface area contributed by atoms with Crippen LogP contribution in [-0.4, -0.2) is 56.8 Å². The third-order valence-electron chi connectivity index (χ3n) is 6.47. The summed E-state index contributed by atoms with van der Waals surface area (Å²) in [6.07, 6.45) is -2.93. The number of hydrogen-bond acceptors (Lipinski definition) is 4. The first-order chi connectivity index (χ1) is 17.0. The first-order valence-corrected chi connectivity index (χ1v) is 11.6. The topological polar surface area (TPSA) is 84.5 Å².